The maximum Gasteiger partial charge on any atom is 0.337 e. The molecule has 0 spiro atoms. The van der Waals surface area contributed by atoms with Crippen molar-refractivity contribution in [3.63, 3.8) is 0 Å². The second-order valence-electron chi connectivity index (χ2n) is 4.75. The molecule has 3 rings (SSSR count). The number of hydrogen-bond donors (Lipinski definition) is 1. The lowest BCUT2D eigenvalue weighted by atomic mass is 10.2. The van der Waals surface area contributed by atoms with Crippen molar-refractivity contribution in [2.75, 3.05) is 12.4 Å². The van der Waals surface area contributed by atoms with Crippen LogP contribution in [0.1, 0.15) is 40.8 Å². The summed E-state index contributed by atoms with van der Waals surface area (Å²) in [5, 5.41) is 7.10. The molecule has 1 aliphatic rings. The lowest BCUT2D eigenvalue weighted by Gasteiger charge is -2.05. The first-order valence-electron chi connectivity index (χ1n) is 6.51. The molecule has 2 aromatic rings. The number of benzene rings is 1. The van der Waals surface area contributed by atoms with Crippen molar-refractivity contribution in [3.05, 3.63) is 41.5 Å². The maximum absolute atomic E-state index is 11.4. The summed E-state index contributed by atoms with van der Waals surface area (Å²) in [5.74, 6) is 1.47. The van der Waals surface area contributed by atoms with Gasteiger partial charge in [-0.25, -0.2) is 4.79 Å². The summed E-state index contributed by atoms with van der Waals surface area (Å²) in [6.07, 6.45) is 2.29. The molecule has 6 heteroatoms. The first-order valence-corrected chi connectivity index (χ1v) is 6.51. The molecular formula is C14H15N3O3. The normalized spacial score (nSPS) is 14.1. The predicted molar refractivity (Wildman–Crippen MR) is 71.4 cm³/mol. The number of nitrogens with one attached hydrogen (secondary N) is 1. The third-order valence-electron chi connectivity index (χ3n) is 3.15. The third-order valence-corrected chi connectivity index (χ3v) is 3.15. The van der Waals surface area contributed by atoms with Gasteiger partial charge in [-0.05, 0) is 31.0 Å². The van der Waals surface area contributed by atoms with Gasteiger partial charge in [0.1, 0.15) is 0 Å². The number of anilines is 1. The average Bonchev–Trinajstić information content (AvgIpc) is 3.23. The smallest absolute Gasteiger partial charge is 0.337 e. The summed E-state index contributed by atoms with van der Waals surface area (Å²) in [4.78, 5) is 15.8. The van der Waals surface area contributed by atoms with E-state index in [2.05, 4.69) is 20.2 Å². The largest absolute Gasteiger partial charge is 0.465 e. The number of aromatic nitrogens is 2. The van der Waals surface area contributed by atoms with E-state index in [-0.39, 0.29) is 5.97 Å². The molecule has 6 nitrogen and oxygen atoms in total. The summed E-state index contributed by atoms with van der Waals surface area (Å²) in [6.45, 7) is 0.435. The lowest BCUT2D eigenvalue weighted by molar-refractivity contribution is 0.0601. The number of hydrogen-bond acceptors (Lipinski definition) is 6. The van der Waals surface area contributed by atoms with E-state index in [1.807, 2.05) is 6.07 Å². The summed E-state index contributed by atoms with van der Waals surface area (Å²) in [6, 6.07) is 7.08. The molecule has 1 aromatic carbocycles. The second-order valence-corrected chi connectivity index (χ2v) is 4.75. The minimum atomic E-state index is -0.359. The predicted octanol–water partition coefficient (Wildman–Crippen LogP) is 2.35. The van der Waals surface area contributed by atoms with Gasteiger partial charge in [-0.2, -0.15) is 4.98 Å². The molecule has 1 aliphatic carbocycles. The summed E-state index contributed by atoms with van der Waals surface area (Å²) < 4.78 is 9.85. The Balaban J connectivity index is 1.63. The lowest BCUT2D eigenvalue weighted by Crippen LogP contribution is -2.04. The third kappa shape index (κ3) is 2.79. The summed E-state index contributed by atoms with van der Waals surface area (Å²) >= 11 is 0. The van der Waals surface area contributed by atoms with Crippen LogP contribution in [0.15, 0.2) is 28.8 Å². The Morgan fingerprint density at radius 3 is 3.10 bits per heavy atom. The van der Waals surface area contributed by atoms with Gasteiger partial charge in [0.2, 0.25) is 5.89 Å². The summed E-state index contributed by atoms with van der Waals surface area (Å²) in [5.41, 5.74) is 1.31. The standard InChI is InChI=1S/C14H15N3O3/c1-19-14(18)10-3-2-4-11(7-10)15-8-12-16-13(17-20-12)9-5-6-9/h2-4,7,9,15H,5-6,8H2,1H3. The van der Waals surface area contributed by atoms with E-state index in [1.54, 1.807) is 18.2 Å². The van der Waals surface area contributed by atoms with Crippen LogP contribution in [0.3, 0.4) is 0 Å². The zero-order chi connectivity index (χ0) is 13.9. The van der Waals surface area contributed by atoms with E-state index in [9.17, 15) is 4.79 Å². The molecule has 1 aromatic heterocycles. The number of carbonyl (C=O) groups is 1. The molecule has 0 radical (unpaired) electrons. The molecule has 1 N–H and O–H groups in total. The Bertz CT molecular complexity index is 620. The van der Waals surface area contributed by atoms with Crippen LogP contribution >= 0.6 is 0 Å². The van der Waals surface area contributed by atoms with Gasteiger partial charge in [-0.15, -0.1) is 0 Å². The fourth-order valence-corrected chi connectivity index (χ4v) is 1.90. The zero-order valence-electron chi connectivity index (χ0n) is 11.1. The van der Waals surface area contributed by atoms with Crippen molar-refractivity contribution in [1.29, 1.82) is 0 Å². The van der Waals surface area contributed by atoms with Crippen LogP contribution in [0.4, 0.5) is 5.69 Å². The quantitative estimate of drug-likeness (QED) is 0.842. The monoisotopic (exact) mass is 273 g/mol. The highest BCUT2D eigenvalue weighted by molar-refractivity contribution is 5.90. The van der Waals surface area contributed by atoms with Gasteiger partial charge in [0, 0.05) is 11.6 Å². The minimum absolute atomic E-state index is 0.359. The molecule has 1 heterocycles. The van der Waals surface area contributed by atoms with Crippen molar-refractivity contribution in [1.82, 2.24) is 10.1 Å². The van der Waals surface area contributed by atoms with E-state index in [1.165, 1.54) is 7.11 Å². The van der Waals surface area contributed by atoms with Crippen molar-refractivity contribution in [2.45, 2.75) is 25.3 Å². The van der Waals surface area contributed by atoms with Crippen LogP contribution in [0, 0.1) is 0 Å². The molecule has 20 heavy (non-hydrogen) atoms. The topological polar surface area (TPSA) is 77.2 Å². The molecular weight excluding hydrogens is 258 g/mol. The number of rotatable bonds is 5. The van der Waals surface area contributed by atoms with Gasteiger partial charge in [-0.3, -0.25) is 0 Å². The fraction of sp³-hybridized carbons (Fsp3) is 0.357. The zero-order valence-corrected chi connectivity index (χ0v) is 11.1. The van der Waals surface area contributed by atoms with Gasteiger partial charge in [0.25, 0.3) is 0 Å². The molecule has 1 fully saturated rings. The molecule has 0 bridgehead atoms. The van der Waals surface area contributed by atoms with Crippen LogP contribution in [0.2, 0.25) is 0 Å². The summed E-state index contributed by atoms with van der Waals surface area (Å²) in [7, 11) is 1.36. The Hall–Kier alpha value is -2.37. The number of methoxy groups -OCH3 is 1. The molecule has 0 amide bonds. The van der Waals surface area contributed by atoms with Gasteiger partial charge in [-0.1, -0.05) is 11.2 Å². The van der Waals surface area contributed by atoms with Crippen LogP contribution in [0.5, 0.6) is 0 Å². The van der Waals surface area contributed by atoms with E-state index >= 15 is 0 Å². The van der Waals surface area contributed by atoms with Crippen LogP contribution < -0.4 is 5.32 Å². The fourth-order valence-electron chi connectivity index (χ4n) is 1.90. The highest BCUT2D eigenvalue weighted by Gasteiger charge is 2.28. The molecule has 0 unspecified atom stereocenters. The van der Waals surface area contributed by atoms with Gasteiger partial charge in [0.05, 0.1) is 19.2 Å². The first kappa shape index (κ1) is 12.7. The molecule has 0 saturated heterocycles. The van der Waals surface area contributed by atoms with Crippen LogP contribution in [-0.4, -0.2) is 23.2 Å². The minimum Gasteiger partial charge on any atom is -0.465 e. The van der Waals surface area contributed by atoms with E-state index in [0.29, 0.717) is 23.9 Å². The Morgan fingerprint density at radius 2 is 2.35 bits per heavy atom. The molecule has 0 atom stereocenters. The van der Waals surface area contributed by atoms with Crippen LogP contribution in [-0.2, 0) is 11.3 Å². The van der Waals surface area contributed by atoms with Gasteiger partial charge >= 0.3 is 5.97 Å². The highest BCUT2D eigenvalue weighted by atomic mass is 16.5. The van der Waals surface area contributed by atoms with Crippen molar-refractivity contribution in [2.24, 2.45) is 0 Å². The van der Waals surface area contributed by atoms with Gasteiger partial charge < -0.3 is 14.6 Å². The number of esters is 1. The van der Waals surface area contributed by atoms with Crippen molar-refractivity contribution < 1.29 is 14.1 Å². The number of carbonyl (C=O) groups excluding carboxylic acids is 1. The van der Waals surface area contributed by atoms with Crippen molar-refractivity contribution >= 4 is 11.7 Å². The number of ether oxygens (including phenoxy) is 1. The van der Waals surface area contributed by atoms with Crippen molar-refractivity contribution in [3.8, 4) is 0 Å². The molecule has 1 saturated carbocycles. The Morgan fingerprint density at radius 1 is 1.50 bits per heavy atom. The first-order chi connectivity index (χ1) is 9.76. The van der Waals surface area contributed by atoms with Gasteiger partial charge in [0.15, 0.2) is 5.82 Å². The second kappa shape index (κ2) is 5.32. The molecule has 104 valence electrons. The highest BCUT2D eigenvalue weighted by Crippen LogP contribution is 2.38. The van der Waals surface area contributed by atoms with E-state index < -0.39 is 0 Å². The number of nitrogens with zero attached hydrogens (tertiary/aromatic N) is 2. The van der Waals surface area contributed by atoms with E-state index in [4.69, 9.17) is 4.52 Å². The maximum atomic E-state index is 11.4. The average molecular weight is 273 g/mol. The van der Waals surface area contributed by atoms with E-state index in [0.717, 1.165) is 24.4 Å². The molecule has 0 aliphatic heterocycles. The Labute approximate surface area is 116 Å². The van der Waals surface area contributed by atoms with Crippen LogP contribution in [0.25, 0.3) is 0 Å². The SMILES string of the molecule is COC(=O)c1cccc(NCc2nc(C3CC3)no2)c1. The Kier molecular flexibility index (Phi) is 3.37.